The zero-order chi connectivity index (χ0) is 8.10. The number of halogens is 2. The van der Waals surface area contributed by atoms with Gasteiger partial charge in [-0.3, -0.25) is 9.98 Å². The zero-order valence-corrected chi connectivity index (χ0v) is 9.28. The molecule has 0 radical (unpaired) electrons. The molecule has 0 unspecified atom stereocenters. The van der Waals surface area contributed by atoms with Crippen molar-refractivity contribution in [2.75, 3.05) is 0 Å². The van der Waals surface area contributed by atoms with E-state index in [1.807, 2.05) is 12.1 Å². The average molecular weight is 240 g/mol. The smallest absolute Gasteiger partial charge is 0.151 e. The third-order valence-electron chi connectivity index (χ3n) is 1.15. The van der Waals surface area contributed by atoms with Crippen molar-refractivity contribution in [3.05, 3.63) is 30.1 Å². The number of rotatable bonds is 2. The molecule has 0 saturated heterocycles. The lowest BCUT2D eigenvalue weighted by atomic mass is 10.3. The second-order valence-corrected chi connectivity index (χ2v) is 2.49. The minimum Gasteiger partial charge on any atom is -0.379 e. The molecule has 6 heteroatoms. The molecular weight excluding hydrogens is 229 g/mol. The van der Waals surface area contributed by atoms with Crippen LogP contribution in [-0.4, -0.2) is 10.2 Å². The van der Waals surface area contributed by atoms with Crippen LogP contribution in [0.25, 0.3) is 0 Å². The molecule has 1 aromatic rings. The van der Waals surface area contributed by atoms with Crippen molar-refractivity contribution in [1.29, 1.82) is 0 Å². The number of amidine groups is 1. The average Bonchev–Trinajstić information content (AvgIpc) is 2.03. The molecule has 0 bridgehead atoms. The van der Waals surface area contributed by atoms with Crippen LogP contribution in [-0.2, 0) is 6.54 Å². The minimum absolute atomic E-state index is 0. The summed E-state index contributed by atoms with van der Waals surface area (Å²) in [6.45, 7) is 0.545. The fraction of sp³-hybridized carbons (Fsp3) is 0.143. The third kappa shape index (κ3) is 6.69. The summed E-state index contributed by atoms with van der Waals surface area (Å²) in [6, 6.07) is 3.80. The molecule has 1 aromatic heterocycles. The molecule has 1 heterocycles. The molecule has 1 rings (SSSR count). The first-order valence-corrected chi connectivity index (χ1v) is 3.61. The summed E-state index contributed by atoms with van der Waals surface area (Å²) in [5, 5.41) is 0.300. The lowest BCUT2D eigenvalue weighted by molar-refractivity contribution is 1.05. The quantitative estimate of drug-likeness (QED) is 0.469. The minimum atomic E-state index is 0. The Morgan fingerprint density at radius 2 is 2.23 bits per heavy atom. The molecule has 0 fully saturated rings. The molecule has 0 aromatic carbocycles. The number of nitrogens with two attached hydrogens (primary N) is 1. The number of hydrogen-bond donors (Lipinski definition) is 2. The van der Waals surface area contributed by atoms with E-state index in [2.05, 4.69) is 22.6 Å². The van der Waals surface area contributed by atoms with Crippen molar-refractivity contribution < 1.29 is 0 Å². The lowest BCUT2D eigenvalue weighted by Crippen LogP contribution is -2.02. The summed E-state index contributed by atoms with van der Waals surface area (Å²) in [6.07, 6.45) is 3.47. The molecule has 74 valence electrons. The number of aromatic nitrogens is 1. The predicted molar refractivity (Wildman–Crippen MR) is 63.0 cm³/mol. The maximum absolute atomic E-state index is 5.23. The Hall–Kier alpha value is -0.450. The van der Waals surface area contributed by atoms with Gasteiger partial charge < -0.3 is 5.73 Å². The van der Waals surface area contributed by atoms with E-state index in [1.165, 1.54) is 0 Å². The second-order valence-electron chi connectivity index (χ2n) is 2.04. The Morgan fingerprint density at radius 1 is 1.54 bits per heavy atom. The van der Waals surface area contributed by atoms with Crippen molar-refractivity contribution >= 4 is 42.6 Å². The van der Waals surface area contributed by atoms with Crippen LogP contribution in [0.4, 0.5) is 0 Å². The van der Waals surface area contributed by atoms with Crippen molar-refractivity contribution in [3.8, 4) is 0 Å². The predicted octanol–water partition coefficient (Wildman–Crippen LogP) is 1.67. The normalized spacial score (nSPS) is 9.77. The van der Waals surface area contributed by atoms with Gasteiger partial charge >= 0.3 is 0 Å². The molecular formula is C7H11Cl2N3S. The third-order valence-corrected chi connectivity index (χ3v) is 1.29. The van der Waals surface area contributed by atoms with Crippen molar-refractivity contribution in [3.63, 3.8) is 0 Å². The number of aliphatic imine (C=N–C) groups is 1. The van der Waals surface area contributed by atoms with Gasteiger partial charge in [-0.1, -0.05) is 6.07 Å². The second kappa shape index (κ2) is 8.16. The number of hydrogen-bond acceptors (Lipinski definition) is 2. The molecule has 2 N–H and O–H groups in total. The van der Waals surface area contributed by atoms with Gasteiger partial charge in [0, 0.05) is 12.4 Å². The summed E-state index contributed by atoms with van der Waals surface area (Å²) >= 11 is 3.84. The first kappa shape index (κ1) is 15.0. The molecule has 13 heavy (non-hydrogen) atoms. The maximum atomic E-state index is 5.23. The fourth-order valence-corrected chi connectivity index (χ4v) is 0.735. The van der Waals surface area contributed by atoms with Crippen LogP contribution in [0.3, 0.4) is 0 Å². The Bertz CT molecular complexity index is 249. The molecule has 0 aliphatic rings. The largest absolute Gasteiger partial charge is 0.379 e. The van der Waals surface area contributed by atoms with E-state index in [9.17, 15) is 0 Å². The van der Waals surface area contributed by atoms with Crippen molar-refractivity contribution in [2.24, 2.45) is 10.7 Å². The highest BCUT2D eigenvalue weighted by atomic mass is 35.5. The van der Waals surface area contributed by atoms with Gasteiger partial charge in [0.1, 0.15) is 0 Å². The number of pyridine rings is 1. The van der Waals surface area contributed by atoms with E-state index < -0.39 is 0 Å². The topological polar surface area (TPSA) is 51.3 Å². The van der Waals surface area contributed by atoms with Gasteiger partial charge in [-0.2, -0.15) is 0 Å². The first-order valence-electron chi connectivity index (χ1n) is 3.17. The maximum Gasteiger partial charge on any atom is 0.151 e. The van der Waals surface area contributed by atoms with Crippen LogP contribution in [0.1, 0.15) is 5.56 Å². The van der Waals surface area contributed by atoms with Gasteiger partial charge in [0.05, 0.1) is 6.54 Å². The van der Waals surface area contributed by atoms with Gasteiger partial charge in [0.15, 0.2) is 5.17 Å². The van der Waals surface area contributed by atoms with Gasteiger partial charge in [-0.25, -0.2) is 0 Å². The Labute approximate surface area is 95.1 Å². The Morgan fingerprint density at radius 3 is 2.69 bits per heavy atom. The molecule has 0 aliphatic carbocycles. The zero-order valence-electron chi connectivity index (χ0n) is 6.75. The fourth-order valence-electron chi connectivity index (χ4n) is 0.664. The SMILES string of the molecule is Cl.Cl.NC(S)=NCc1cccnc1. The summed E-state index contributed by atoms with van der Waals surface area (Å²) in [5.41, 5.74) is 6.27. The molecule has 0 spiro atoms. The van der Waals surface area contributed by atoms with E-state index in [-0.39, 0.29) is 24.8 Å². The highest BCUT2D eigenvalue weighted by Crippen LogP contribution is 1.97. The van der Waals surface area contributed by atoms with Crippen molar-refractivity contribution in [2.45, 2.75) is 6.54 Å². The Kier molecular flexibility index (Phi) is 9.44. The molecule has 3 nitrogen and oxygen atoms in total. The van der Waals surface area contributed by atoms with Crippen LogP contribution >= 0.6 is 37.4 Å². The summed E-state index contributed by atoms with van der Waals surface area (Å²) in [7, 11) is 0. The molecule has 0 atom stereocenters. The van der Waals surface area contributed by atoms with E-state index in [4.69, 9.17) is 5.73 Å². The number of thiol groups is 1. The molecule has 0 saturated carbocycles. The van der Waals surface area contributed by atoms with E-state index in [0.717, 1.165) is 5.56 Å². The van der Waals surface area contributed by atoms with Crippen LogP contribution in [0.5, 0.6) is 0 Å². The van der Waals surface area contributed by atoms with Crippen molar-refractivity contribution in [1.82, 2.24) is 4.98 Å². The first-order chi connectivity index (χ1) is 5.29. The van der Waals surface area contributed by atoms with Gasteiger partial charge in [0.2, 0.25) is 0 Å². The molecule has 0 aliphatic heterocycles. The molecule has 0 amide bonds. The van der Waals surface area contributed by atoms with Crippen LogP contribution < -0.4 is 5.73 Å². The van der Waals surface area contributed by atoms with Crippen LogP contribution in [0, 0.1) is 0 Å². The lowest BCUT2D eigenvalue weighted by Gasteiger charge is -1.93. The van der Waals surface area contributed by atoms with Crippen LogP contribution in [0.2, 0.25) is 0 Å². The van der Waals surface area contributed by atoms with Crippen LogP contribution in [0.15, 0.2) is 29.5 Å². The summed E-state index contributed by atoms with van der Waals surface area (Å²) in [5.74, 6) is 0. The highest BCUT2D eigenvalue weighted by molar-refractivity contribution is 7.96. The number of nitrogens with zero attached hydrogens (tertiary/aromatic N) is 2. The van der Waals surface area contributed by atoms with E-state index >= 15 is 0 Å². The summed E-state index contributed by atoms with van der Waals surface area (Å²) in [4.78, 5) is 7.84. The highest BCUT2D eigenvalue weighted by Gasteiger charge is 1.87. The van der Waals surface area contributed by atoms with Gasteiger partial charge in [-0.05, 0) is 11.6 Å². The van der Waals surface area contributed by atoms with Gasteiger partial charge in [0.25, 0.3) is 0 Å². The standard InChI is InChI=1S/C7H9N3S.2ClH/c8-7(11)10-5-6-2-1-3-9-4-6;;/h1-4H,5H2,(H3,8,10,11);2*1H. The Balaban J connectivity index is 0. The summed E-state index contributed by atoms with van der Waals surface area (Å²) < 4.78 is 0. The monoisotopic (exact) mass is 239 g/mol. The van der Waals surface area contributed by atoms with Gasteiger partial charge in [-0.15, -0.1) is 37.4 Å². The van der Waals surface area contributed by atoms with E-state index in [0.29, 0.717) is 11.7 Å². The van der Waals surface area contributed by atoms with E-state index in [1.54, 1.807) is 12.4 Å².